The predicted octanol–water partition coefficient (Wildman–Crippen LogP) is 1.02. The zero-order valence-corrected chi connectivity index (χ0v) is 31.8. The predicted molar refractivity (Wildman–Crippen MR) is 201 cm³/mol. The normalized spacial score (nSPS) is 34.1. The Morgan fingerprint density at radius 1 is 0.810 bits per heavy atom. The largest absolute Gasteiger partial charge is 0.470 e. The molecule has 8 N–H and O–H groups in total. The molecular formula is C42H53NO15. The summed E-state index contributed by atoms with van der Waals surface area (Å²) in [7, 11) is 0. The van der Waals surface area contributed by atoms with Crippen molar-refractivity contribution in [2.75, 3.05) is 19.8 Å². The molecule has 7 rings (SSSR count). The summed E-state index contributed by atoms with van der Waals surface area (Å²) in [5, 5.41) is 73.3. The molecule has 316 valence electrons. The van der Waals surface area contributed by atoms with Crippen LogP contribution in [0, 0.1) is 5.92 Å². The Morgan fingerprint density at radius 2 is 1.41 bits per heavy atom. The second-order valence-electron chi connectivity index (χ2n) is 15.1. The summed E-state index contributed by atoms with van der Waals surface area (Å²) in [6.07, 6.45) is -12.9. The molecule has 2 bridgehead atoms. The number of aliphatic hydroxyl groups excluding tert-OH is 6. The van der Waals surface area contributed by atoms with E-state index in [1.54, 1.807) is 5.48 Å². The molecule has 4 aliphatic rings. The molecule has 4 fully saturated rings. The van der Waals surface area contributed by atoms with Crippen LogP contribution in [0.2, 0.25) is 0 Å². The lowest BCUT2D eigenvalue weighted by atomic mass is 9.89. The van der Waals surface area contributed by atoms with E-state index in [4.69, 9.17) is 37.9 Å². The molecule has 0 amide bonds. The van der Waals surface area contributed by atoms with Gasteiger partial charge in [0.2, 0.25) is 11.7 Å². The number of rotatable bonds is 21. The third-order valence-electron chi connectivity index (χ3n) is 11.4. The van der Waals surface area contributed by atoms with Crippen molar-refractivity contribution >= 4 is 0 Å². The average molecular weight is 812 g/mol. The minimum Gasteiger partial charge on any atom is -0.470 e. The van der Waals surface area contributed by atoms with Crippen LogP contribution in [0.4, 0.5) is 0 Å². The molecule has 2 saturated heterocycles. The number of nitrogens with one attached hydrogen (secondary N) is 1. The fourth-order valence-electron chi connectivity index (χ4n) is 8.41. The summed E-state index contributed by atoms with van der Waals surface area (Å²) in [6.45, 7) is 1.71. The second kappa shape index (κ2) is 18.8. The maximum Gasteiger partial charge on any atom is 0.204 e. The van der Waals surface area contributed by atoms with E-state index in [0.29, 0.717) is 12.8 Å². The van der Waals surface area contributed by atoms with Gasteiger partial charge in [-0.3, -0.25) is 5.21 Å². The smallest absolute Gasteiger partial charge is 0.204 e. The Balaban J connectivity index is 1.24. The van der Waals surface area contributed by atoms with Gasteiger partial charge in [0.1, 0.15) is 42.2 Å². The quantitative estimate of drug-likeness (QED) is 0.0555. The zero-order chi connectivity index (χ0) is 40.9. The van der Waals surface area contributed by atoms with Crippen molar-refractivity contribution in [2.45, 2.75) is 111 Å². The molecule has 58 heavy (non-hydrogen) atoms. The van der Waals surface area contributed by atoms with Gasteiger partial charge in [-0.15, -0.1) is 0 Å². The van der Waals surface area contributed by atoms with Crippen molar-refractivity contribution in [3.05, 3.63) is 120 Å². The fraction of sp³-hybridized carbons (Fsp3) is 0.524. The summed E-state index contributed by atoms with van der Waals surface area (Å²) in [5.74, 6) is -3.55. The minimum atomic E-state index is -2.00. The maximum absolute atomic E-state index is 11.5. The summed E-state index contributed by atoms with van der Waals surface area (Å²) in [6, 6.07) is 29.0. The number of aliphatic hydroxyl groups is 6. The van der Waals surface area contributed by atoms with Crippen LogP contribution >= 0.6 is 0 Å². The second-order valence-corrected chi connectivity index (χ2v) is 15.1. The van der Waals surface area contributed by atoms with Crippen LogP contribution in [0.25, 0.3) is 0 Å². The number of fused-ring (bicyclic) bond motifs is 3. The number of ether oxygens (including phenoxy) is 8. The van der Waals surface area contributed by atoms with Gasteiger partial charge in [-0.2, -0.15) is 0 Å². The molecule has 0 radical (unpaired) electrons. The average Bonchev–Trinajstić information content (AvgIpc) is 3.77. The first-order valence-corrected chi connectivity index (χ1v) is 19.4. The van der Waals surface area contributed by atoms with Crippen molar-refractivity contribution in [1.82, 2.24) is 5.48 Å². The standard InChI is InChI=1S/C42H53NO15/c1-25(43-50)54-32(21-46)37(30(47)19-44)58-42-34(36(49)35(48)31(20-45)57-42)38(42)56-40-39(52-23-27-13-7-3-8-14-27)41(53-24-28-15-9-4-10-16-28)18-29(55-40)17-33(41)51-22-26-11-5-2-6-12-26/h2-16,29-40,43-50H,1,17-24H2/t29?,30?,31?,32?,33-,34-,35-,36?,37-,38?,39?,40?,41?,42?/m0/s1. The Bertz CT molecular complexity index is 1740. The lowest BCUT2D eigenvalue weighted by Gasteiger charge is -2.46. The number of hydrogen-bond donors (Lipinski definition) is 8. The topological polar surface area (TPSA) is 227 Å². The zero-order valence-electron chi connectivity index (χ0n) is 31.8. The van der Waals surface area contributed by atoms with E-state index in [9.17, 15) is 35.8 Å². The van der Waals surface area contributed by atoms with E-state index >= 15 is 0 Å². The first kappa shape index (κ1) is 42.6. The van der Waals surface area contributed by atoms with Crippen molar-refractivity contribution in [3.63, 3.8) is 0 Å². The van der Waals surface area contributed by atoms with E-state index in [0.717, 1.165) is 16.7 Å². The Labute approximate surface area is 336 Å². The van der Waals surface area contributed by atoms with E-state index in [2.05, 4.69) is 6.58 Å². The molecule has 2 heterocycles. The lowest BCUT2D eigenvalue weighted by molar-refractivity contribution is -0.336. The molecule has 2 aliphatic carbocycles. The third-order valence-corrected chi connectivity index (χ3v) is 11.4. The summed E-state index contributed by atoms with van der Waals surface area (Å²) >= 11 is 0. The van der Waals surface area contributed by atoms with Gasteiger partial charge in [-0.1, -0.05) is 91.0 Å². The molecule has 10 unspecified atom stereocenters. The highest BCUT2D eigenvalue weighted by atomic mass is 16.8. The van der Waals surface area contributed by atoms with Gasteiger partial charge < -0.3 is 68.5 Å². The summed E-state index contributed by atoms with van der Waals surface area (Å²) in [5.41, 5.74) is 3.31. The van der Waals surface area contributed by atoms with Gasteiger partial charge >= 0.3 is 0 Å². The highest BCUT2D eigenvalue weighted by Gasteiger charge is 2.79. The van der Waals surface area contributed by atoms with Crippen LogP contribution in [0.1, 0.15) is 29.5 Å². The molecular weight excluding hydrogens is 758 g/mol. The van der Waals surface area contributed by atoms with Crippen molar-refractivity contribution in [2.24, 2.45) is 5.92 Å². The number of hydrogen-bond acceptors (Lipinski definition) is 16. The number of hydroxylamine groups is 1. The molecule has 14 atom stereocenters. The van der Waals surface area contributed by atoms with Crippen LogP contribution in [-0.4, -0.2) is 134 Å². The fourth-order valence-corrected chi connectivity index (χ4v) is 8.41. The van der Waals surface area contributed by atoms with E-state index in [1.807, 2.05) is 91.0 Å². The summed E-state index contributed by atoms with van der Waals surface area (Å²) in [4.78, 5) is 0. The van der Waals surface area contributed by atoms with E-state index in [1.165, 1.54) is 0 Å². The van der Waals surface area contributed by atoms with E-state index in [-0.39, 0.29) is 19.8 Å². The monoisotopic (exact) mass is 811 g/mol. The highest BCUT2D eigenvalue weighted by molar-refractivity contribution is 5.21. The molecule has 16 heteroatoms. The molecule has 0 aromatic heterocycles. The van der Waals surface area contributed by atoms with Crippen LogP contribution < -0.4 is 5.48 Å². The molecule has 3 aromatic carbocycles. The third kappa shape index (κ3) is 8.82. The minimum absolute atomic E-state index is 0.129. The first-order valence-electron chi connectivity index (χ1n) is 19.4. The van der Waals surface area contributed by atoms with Gasteiger partial charge in [-0.25, -0.2) is 5.48 Å². The molecule has 0 spiro atoms. The van der Waals surface area contributed by atoms with Gasteiger partial charge in [0.15, 0.2) is 12.4 Å². The molecule has 16 nitrogen and oxygen atoms in total. The molecule has 3 aromatic rings. The van der Waals surface area contributed by atoms with Crippen molar-refractivity contribution in [3.8, 4) is 0 Å². The Morgan fingerprint density at radius 3 is 1.98 bits per heavy atom. The lowest BCUT2D eigenvalue weighted by Crippen LogP contribution is -2.61. The Kier molecular flexibility index (Phi) is 13.8. The molecule has 2 saturated carbocycles. The molecule has 2 aliphatic heterocycles. The van der Waals surface area contributed by atoms with Crippen molar-refractivity contribution < 1.29 is 73.7 Å². The Hall–Kier alpha value is -3.56. The van der Waals surface area contributed by atoms with Crippen LogP contribution in [0.15, 0.2) is 103 Å². The van der Waals surface area contributed by atoms with Gasteiger partial charge in [-0.05, 0) is 23.3 Å². The first-order chi connectivity index (χ1) is 28.2. The maximum atomic E-state index is 11.5. The van der Waals surface area contributed by atoms with E-state index < -0.39 is 110 Å². The van der Waals surface area contributed by atoms with Crippen LogP contribution in [0.3, 0.4) is 0 Å². The van der Waals surface area contributed by atoms with Crippen LogP contribution in [-0.2, 0) is 57.7 Å². The summed E-state index contributed by atoms with van der Waals surface area (Å²) < 4.78 is 51.8. The van der Waals surface area contributed by atoms with Crippen molar-refractivity contribution in [1.29, 1.82) is 0 Å². The SMILES string of the molecule is C=C(NO)OC(CO)[C@@H](OC12OC(CO)[C@H](O)C(O)[C@H]1C2OC1OC2C[C@H](OCc3ccccc3)C(OCc3ccccc3)(C2)C1OCc1ccccc1)C(O)CO. The van der Waals surface area contributed by atoms with Gasteiger partial charge in [0.25, 0.3) is 0 Å². The van der Waals surface area contributed by atoms with Gasteiger partial charge in [0.05, 0.1) is 63.9 Å². The number of benzene rings is 3. The van der Waals surface area contributed by atoms with Gasteiger partial charge in [0, 0.05) is 12.8 Å². The highest BCUT2D eigenvalue weighted by Crippen LogP contribution is 2.59. The van der Waals surface area contributed by atoms with Crippen LogP contribution in [0.5, 0.6) is 0 Å².